The number of nitrogens with zero attached hydrogens (tertiary/aromatic N) is 4. The highest BCUT2D eigenvalue weighted by Gasteiger charge is 2.11. The van der Waals surface area contributed by atoms with Crippen LogP contribution in [-0.4, -0.2) is 19.7 Å². The smallest absolute Gasteiger partial charge is 0.168 e. The van der Waals surface area contributed by atoms with E-state index < -0.39 is 0 Å². The van der Waals surface area contributed by atoms with Crippen molar-refractivity contribution >= 4 is 22.5 Å². The van der Waals surface area contributed by atoms with Gasteiger partial charge in [-0.25, -0.2) is 14.6 Å². The van der Waals surface area contributed by atoms with Gasteiger partial charge in [0, 0.05) is 5.69 Å². The van der Waals surface area contributed by atoms with Crippen molar-refractivity contribution < 1.29 is 0 Å². The van der Waals surface area contributed by atoms with Crippen LogP contribution in [0.2, 0.25) is 0 Å². The maximum Gasteiger partial charge on any atom is 0.168 e. The van der Waals surface area contributed by atoms with Gasteiger partial charge in [-0.2, -0.15) is 5.10 Å². The van der Waals surface area contributed by atoms with Gasteiger partial charge in [-0.1, -0.05) is 60.7 Å². The van der Waals surface area contributed by atoms with Crippen molar-refractivity contribution in [2.24, 2.45) is 0 Å². The van der Waals surface area contributed by atoms with Crippen LogP contribution < -0.4 is 5.32 Å². The maximum atomic E-state index is 4.50. The monoisotopic (exact) mass is 363 g/mol. The van der Waals surface area contributed by atoms with E-state index in [2.05, 4.69) is 56.8 Å². The molecule has 0 aliphatic carbocycles. The largest absolute Gasteiger partial charge is 0.340 e. The lowest BCUT2D eigenvalue weighted by Gasteiger charge is -2.08. The molecule has 0 radical (unpaired) electrons. The zero-order chi connectivity index (χ0) is 18.8. The second kappa shape index (κ2) is 6.96. The summed E-state index contributed by atoms with van der Waals surface area (Å²) in [6.45, 7) is 0. The van der Waals surface area contributed by atoms with Gasteiger partial charge in [0.15, 0.2) is 5.65 Å². The van der Waals surface area contributed by atoms with E-state index in [9.17, 15) is 0 Å². The van der Waals surface area contributed by atoms with Crippen LogP contribution in [0.3, 0.4) is 0 Å². The van der Waals surface area contributed by atoms with Gasteiger partial charge < -0.3 is 5.32 Å². The Morgan fingerprint density at radius 3 is 2.11 bits per heavy atom. The van der Waals surface area contributed by atoms with Crippen molar-refractivity contribution in [1.29, 1.82) is 0 Å². The van der Waals surface area contributed by atoms with Crippen LogP contribution in [0.5, 0.6) is 0 Å². The first-order valence-corrected chi connectivity index (χ1v) is 9.05. The van der Waals surface area contributed by atoms with E-state index in [1.165, 1.54) is 11.1 Å². The number of benzene rings is 3. The predicted molar refractivity (Wildman–Crippen MR) is 112 cm³/mol. The fraction of sp³-hybridized carbons (Fsp3) is 0. The predicted octanol–water partition coefficient (Wildman–Crippen LogP) is 5.23. The second-order valence-corrected chi connectivity index (χ2v) is 6.42. The molecule has 0 fully saturated rings. The normalized spacial score (nSPS) is 10.9. The number of hydrogen-bond donors (Lipinski definition) is 1. The van der Waals surface area contributed by atoms with Gasteiger partial charge >= 0.3 is 0 Å². The molecule has 5 rings (SSSR count). The average molecular weight is 363 g/mol. The number of para-hydroxylation sites is 1. The van der Waals surface area contributed by atoms with Crippen molar-refractivity contribution in [1.82, 2.24) is 19.7 Å². The quantitative estimate of drug-likeness (QED) is 0.475. The Morgan fingerprint density at radius 2 is 1.36 bits per heavy atom. The topological polar surface area (TPSA) is 55.6 Å². The minimum absolute atomic E-state index is 0.736. The summed E-state index contributed by atoms with van der Waals surface area (Å²) in [5.41, 5.74) is 5.07. The fourth-order valence-corrected chi connectivity index (χ4v) is 3.22. The standard InChI is InChI=1S/C23H17N5/c1-3-7-17(8-4-1)18-11-13-19(14-12-18)27-22-21-15-26-28(23(21)25-16-24-22)20-9-5-2-6-10-20/h1-16H,(H,24,25,27). The molecule has 5 nitrogen and oxygen atoms in total. The Hall–Kier alpha value is -3.99. The number of anilines is 2. The van der Waals surface area contributed by atoms with Gasteiger partial charge in [0.1, 0.15) is 12.1 Å². The molecule has 0 spiro atoms. The number of fused-ring (bicyclic) bond motifs is 1. The molecule has 28 heavy (non-hydrogen) atoms. The summed E-state index contributed by atoms with van der Waals surface area (Å²) in [5, 5.41) is 8.76. The Kier molecular flexibility index (Phi) is 4.03. The fourth-order valence-electron chi connectivity index (χ4n) is 3.22. The van der Waals surface area contributed by atoms with E-state index in [1.54, 1.807) is 12.5 Å². The van der Waals surface area contributed by atoms with Crippen molar-refractivity contribution in [2.75, 3.05) is 5.32 Å². The maximum absolute atomic E-state index is 4.50. The average Bonchev–Trinajstić information content (AvgIpc) is 3.21. The third-order valence-electron chi connectivity index (χ3n) is 4.62. The van der Waals surface area contributed by atoms with Crippen LogP contribution in [0.4, 0.5) is 11.5 Å². The summed E-state index contributed by atoms with van der Waals surface area (Å²) in [5.74, 6) is 0.736. The first-order valence-electron chi connectivity index (χ1n) is 9.05. The number of aromatic nitrogens is 4. The Labute approximate surface area is 162 Å². The van der Waals surface area contributed by atoms with Crippen LogP contribution in [0.15, 0.2) is 97.5 Å². The van der Waals surface area contributed by atoms with Gasteiger partial charge in [-0.15, -0.1) is 0 Å². The van der Waals surface area contributed by atoms with Gasteiger partial charge in [-0.3, -0.25) is 0 Å². The lowest BCUT2D eigenvalue weighted by molar-refractivity contribution is 0.895. The van der Waals surface area contributed by atoms with Crippen LogP contribution in [0, 0.1) is 0 Å². The molecule has 134 valence electrons. The summed E-state index contributed by atoms with van der Waals surface area (Å²) >= 11 is 0. The highest BCUT2D eigenvalue weighted by atomic mass is 15.3. The number of hydrogen-bond acceptors (Lipinski definition) is 4. The molecule has 0 unspecified atom stereocenters. The molecule has 0 saturated carbocycles. The van der Waals surface area contributed by atoms with Crippen LogP contribution >= 0.6 is 0 Å². The highest BCUT2D eigenvalue weighted by molar-refractivity contribution is 5.89. The summed E-state index contributed by atoms with van der Waals surface area (Å²) < 4.78 is 1.82. The molecule has 5 heteroatoms. The molecular weight excluding hydrogens is 346 g/mol. The Morgan fingerprint density at radius 1 is 0.679 bits per heavy atom. The molecule has 0 aliphatic heterocycles. The van der Waals surface area contributed by atoms with Crippen molar-refractivity contribution in [3.05, 3.63) is 97.5 Å². The molecule has 0 aliphatic rings. The van der Waals surface area contributed by atoms with E-state index in [0.29, 0.717) is 0 Å². The molecule has 3 aromatic carbocycles. The van der Waals surface area contributed by atoms with E-state index in [0.717, 1.165) is 28.2 Å². The zero-order valence-electron chi connectivity index (χ0n) is 15.0. The molecule has 5 aromatic rings. The second-order valence-electron chi connectivity index (χ2n) is 6.42. The summed E-state index contributed by atoms with van der Waals surface area (Å²) in [6.07, 6.45) is 3.35. The lowest BCUT2D eigenvalue weighted by Crippen LogP contribution is -1.99. The van der Waals surface area contributed by atoms with Gasteiger partial charge in [0.05, 0.1) is 17.3 Å². The molecule has 0 saturated heterocycles. The molecule has 0 atom stereocenters. The van der Waals surface area contributed by atoms with Crippen LogP contribution in [-0.2, 0) is 0 Å². The van der Waals surface area contributed by atoms with E-state index in [1.807, 2.05) is 53.2 Å². The third kappa shape index (κ3) is 2.99. The van der Waals surface area contributed by atoms with Gasteiger partial charge in [-0.05, 0) is 35.4 Å². The van der Waals surface area contributed by atoms with E-state index in [-0.39, 0.29) is 0 Å². The minimum atomic E-state index is 0.736. The van der Waals surface area contributed by atoms with Crippen molar-refractivity contribution in [3.8, 4) is 16.8 Å². The number of nitrogens with one attached hydrogen (secondary N) is 1. The first-order chi connectivity index (χ1) is 13.9. The van der Waals surface area contributed by atoms with Gasteiger partial charge in [0.25, 0.3) is 0 Å². The van der Waals surface area contributed by atoms with Crippen molar-refractivity contribution in [3.63, 3.8) is 0 Å². The third-order valence-corrected chi connectivity index (χ3v) is 4.62. The molecule has 1 N–H and O–H groups in total. The Balaban J connectivity index is 1.47. The van der Waals surface area contributed by atoms with Gasteiger partial charge in [0.2, 0.25) is 0 Å². The molecule has 0 bridgehead atoms. The minimum Gasteiger partial charge on any atom is -0.340 e. The molecular formula is C23H17N5. The highest BCUT2D eigenvalue weighted by Crippen LogP contribution is 2.26. The molecule has 2 aromatic heterocycles. The summed E-state index contributed by atoms with van der Waals surface area (Å²) in [7, 11) is 0. The first kappa shape index (κ1) is 16.2. The molecule has 2 heterocycles. The lowest BCUT2D eigenvalue weighted by atomic mass is 10.1. The van der Waals surface area contributed by atoms with Crippen LogP contribution in [0.25, 0.3) is 27.8 Å². The summed E-state index contributed by atoms with van der Waals surface area (Å²) in [6, 6.07) is 28.6. The zero-order valence-corrected chi connectivity index (χ0v) is 15.0. The van der Waals surface area contributed by atoms with E-state index in [4.69, 9.17) is 0 Å². The SMILES string of the molecule is c1ccc(-c2ccc(Nc3ncnc4c3cnn4-c3ccccc3)cc2)cc1. The molecule has 0 amide bonds. The van der Waals surface area contributed by atoms with Crippen LogP contribution in [0.1, 0.15) is 0 Å². The summed E-state index contributed by atoms with van der Waals surface area (Å²) in [4.78, 5) is 8.84. The number of rotatable bonds is 4. The van der Waals surface area contributed by atoms with Crippen molar-refractivity contribution in [2.45, 2.75) is 0 Å². The Bertz CT molecular complexity index is 1210. The van der Waals surface area contributed by atoms with E-state index >= 15 is 0 Å².